The third kappa shape index (κ3) is 2.73. The van der Waals surface area contributed by atoms with Crippen molar-refractivity contribution in [1.82, 2.24) is 14.9 Å². The molecule has 3 saturated heterocycles. The largest absolute Gasteiger partial charge is 0.365 e. The number of hydrogen-bond donors (Lipinski definition) is 2. The minimum absolute atomic E-state index is 0.515. The zero-order chi connectivity index (χ0) is 16.0. The smallest absolute Gasteiger partial charge is 0.139 e. The minimum Gasteiger partial charge on any atom is -0.365 e. The molecule has 0 amide bonds. The molecule has 5 heterocycles. The standard InChI is InChI=1S/C17H25N5S/c1-10-11(2)23-17-15(10)16(20-14(21-17)3-6-18)19-13-9-22-7-4-12(13)5-8-22/h12-13H,3-9,18H2,1-2H3,(H,19,20,21). The second-order valence-electron chi connectivity index (χ2n) is 6.88. The first-order valence-electron chi connectivity index (χ1n) is 8.61. The highest BCUT2D eigenvalue weighted by molar-refractivity contribution is 7.18. The molecular weight excluding hydrogens is 306 g/mol. The van der Waals surface area contributed by atoms with E-state index < -0.39 is 0 Å². The van der Waals surface area contributed by atoms with Crippen molar-refractivity contribution < 1.29 is 0 Å². The SMILES string of the molecule is Cc1sc2nc(CCN)nc(NC3CN4CCC3CC4)c2c1C. The molecule has 3 aliphatic heterocycles. The van der Waals surface area contributed by atoms with Gasteiger partial charge in [-0.15, -0.1) is 11.3 Å². The molecule has 0 spiro atoms. The number of thiophene rings is 1. The molecule has 0 radical (unpaired) electrons. The Morgan fingerprint density at radius 2 is 2.04 bits per heavy atom. The van der Waals surface area contributed by atoms with Crippen molar-refractivity contribution in [3.8, 4) is 0 Å². The van der Waals surface area contributed by atoms with Gasteiger partial charge in [0, 0.05) is 23.9 Å². The van der Waals surface area contributed by atoms with Crippen molar-refractivity contribution >= 4 is 27.4 Å². The van der Waals surface area contributed by atoms with Crippen LogP contribution in [0.15, 0.2) is 0 Å². The van der Waals surface area contributed by atoms with Gasteiger partial charge in [-0.1, -0.05) is 0 Å². The van der Waals surface area contributed by atoms with E-state index in [-0.39, 0.29) is 0 Å². The quantitative estimate of drug-likeness (QED) is 0.900. The van der Waals surface area contributed by atoms with Crippen molar-refractivity contribution in [2.45, 2.75) is 39.2 Å². The summed E-state index contributed by atoms with van der Waals surface area (Å²) in [5.41, 5.74) is 7.03. The van der Waals surface area contributed by atoms with Gasteiger partial charge in [0.2, 0.25) is 0 Å². The highest BCUT2D eigenvalue weighted by Crippen LogP contribution is 2.36. The van der Waals surface area contributed by atoms with Crippen LogP contribution in [0.4, 0.5) is 5.82 Å². The predicted octanol–water partition coefficient (Wildman–Crippen LogP) is 2.32. The third-order valence-electron chi connectivity index (χ3n) is 5.42. The Bertz CT molecular complexity index is 717. The van der Waals surface area contributed by atoms with E-state index in [2.05, 4.69) is 24.1 Å². The molecule has 3 N–H and O–H groups in total. The monoisotopic (exact) mass is 331 g/mol. The summed E-state index contributed by atoms with van der Waals surface area (Å²) < 4.78 is 0. The molecule has 3 aliphatic rings. The van der Waals surface area contributed by atoms with Gasteiger partial charge in [-0.3, -0.25) is 0 Å². The van der Waals surface area contributed by atoms with Crippen LogP contribution in [-0.4, -0.2) is 47.1 Å². The maximum atomic E-state index is 5.72. The number of fused-ring (bicyclic) bond motifs is 4. The van der Waals surface area contributed by atoms with Gasteiger partial charge in [-0.25, -0.2) is 9.97 Å². The first-order chi connectivity index (χ1) is 11.2. The molecule has 0 saturated carbocycles. The highest BCUT2D eigenvalue weighted by Gasteiger charge is 2.34. The second kappa shape index (κ2) is 6.00. The molecule has 2 aromatic rings. The predicted molar refractivity (Wildman–Crippen MR) is 96.2 cm³/mol. The van der Waals surface area contributed by atoms with Crippen molar-refractivity contribution in [2.75, 3.05) is 31.5 Å². The zero-order valence-electron chi connectivity index (χ0n) is 13.9. The number of nitrogens with one attached hydrogen (secondary N) is 1. The van der Waals surface area contributed by atoms with Crippen molar-refractivity contribution in [2.24, 2.45) is 11.7 Å². The van der Waals surface area contributed by atoms with Gasteiger partial charge in [0.25, 0.3) is 0 Å². The van der Waals surface area contributed by atoms with Crippen LogP contribution in [0.5, 0.6) is 0 Å². The Morgan fingerprint density at radius 3 is 2.70 bits per heavy atom. The van der Waals surface area contributed by atoms with E-state index in [1.165, 1.54) is 41.8 Å². The summed E-state index contributed by atoms with van der Waals surface area (Å²) in [7, 11) is 0. The Morgan fingerprint density at radius 1 is 1.26 bits per heavy atom. The van der Waals surface area contributed by atoms with Crippen molar-refractivity contribution in [3.05, 3.63) is 16.3 Å². The van der Waals surface area contributed by atoms with E-state index in [0.29, 0.717) is 12.6 Å². The summed E-state index contributed by atoms with van der Waals surface area (Å²) >= 11 is 1.77. The van der Waals surface area contributed by atoms with E-state index in [1.807, 2.05) is 0 Å². The van der Waals surface area contributed by atoms with Crippen LogP contribution < -0.4 is 11.1 Å². The molecule has 2 bridgehead atoms. The molecule has 2 aromatic heterocycles. The van der Waals surface area contributed by atoms with Gasteiger partial charge >= 0.3 is 0 Å². The Kier molecular flexibility index (Phi) is 3.99. The number of anilines is 1. The fourth-order valence-corrected chi connectivity index (χ4v) is 4.99. The Hall–Kier alpha value is -1.24. The van der Waals surface area contributed by atoms with Crippen LogP contribution in [0.2, 0.25) is 0 Å². The molecule has 5 nitrogen and oxygen atoms in total. The van der Waals surface area contributed by atoms with Gasteiger partial charge in [0.05, 0.1) is 5.39 Å². The molecule has 6 heteroatoms. The molecule has 1 atom stereocenters. The molecular formula is C17H25N5S. The van der Waals surface area contributed by atoms with E-state index in [4.69, 9.17) is 15.7 Å². The first-order valence-corrected chi connectivity index (χ1v) is 9.43. The highest BCUT2D eigenvalue weighted by atomic mass is 32.1. The van der Waals surface area contributed by atoms with Gasteiger partial charge < -0.3 is 16.0 Å². The van der Waals surface area contributed by atoms with Gasteiger partial charge in [-0.05, 0) is 57.8 Å². The Balaban J connectivity index is 1.72. The van der Waals surface area contributed by atoms with Crippen LogP contribution in [0.3, 0.4) is 0 Å². The lowest BCUT2D eigenvalue weighted by Crippen LogP contribution is -2.53. The number of aromatic nitrogens is 2. The average molecular weight is 331 g/mol. The lowest BCUT2D eigenvalue weighted by atomic mass is 9.84. The van der Waals surface area contributed by atoms with E-state index in [9.17, 15) is 0 Å². The van der Waals surface area contributed by atoms with Gasteiger partial charge in [-0.2, -0.15) is 0 Å². The number of rotatable bonds is 4. The summed E-state index contributed by atoms with van der Waals surface area (Å²) in [6, 6.07) is 0.515. The zero-order valence-corrected chi connectivity index (χ0v) is 14.7. The number of nitrogens with two attached hydrogens (primary N) is 1. The minimum atomic E-state index is 0.515. The third-order valence-corrected chi connectivity index (χ3v) is 6.52. The van der Waals surface area contributed by atoms with E-state index >= 15 is 0 Å². The lowest BCUT2D eigenvalue weighted by molar-refractivity contribution is 0.0974. The van der Waals surface area contributed by atoms with Crippen molar-refractivity contribution in [1.29, 1.82) is 0 Å². The maximum Gasteiger partial charge on any atom is 0.139 e. The fraction of sp³-hybridized carbons (Fsp3) is 0.647. The average Bonchev–Trinajstić information content (AvgIpc) is 2.84. The topological polar surface area (TPSA) is 67.1 Å². The number of aryl methyl sites for hydroxylation is 2. The molecule has 23 heavy (non-hydrogen) atoms. The molecule has 0 aliphatic carbocycles. The lowest BCUT2D eigenvalue weighted by Gasteiger charge is -2.45. The summed E-state index contributed by atoms with van der Waals surface area (Å²) in [5, 5.41) is 4.99. The van der Waals surface area contributed by atoms with Gasteiger partial charge in [0.1, 0.15) is 16.5 Å². The van der Waals surface area contributed by atoms with Crippen LogP contribution in [0.1, 0.15) is 29.1 Å². The number of hydrogen-bond acceptors (Lipinski definition) is 6. The van der Waals surface area contributed by atoms with Crippen LogP contribution in [0.25, 0.3) is 10.2 Å². The van der Waals surface area contributed by atoms with E-state index in [1.54, 1.807) is 11.3 Å². The number of nitrogens with zero attached hydrogens (tertiary/aromatic N) is 3. The summed E-state index contributed by atoms with van der Waals surface area (Å²) in [4.78, 5) is 14.6. The normalized spacial score (nSPS) is 26.8. The molecule has 1 unspecified atom stereocenters. The Labute approximate surface area is 141 Å². The van der Waals surface area contributed by atoms with Gasteiger partial charge in [0.15, 0.2) is 0 Å². The summed E-state index contributed by atoms with van der Waals surface area (Å²) in [6.45, 7) is 8.61. The van der Waals surface area contributed by atoms with Crippen LogP contribution in [0, 0.1) is 19.8 Å². The fourth-order valence-electron chi connectivity index (χ4n) is 3.94. The summed E-state index contributed by atoms with van der Waals surface area (Å²) in [6.07, 6.45) is 3.35. The maximum absolute atomic E-state index is 5.72. The molecule has 124 valence electrons. The molecule has 3 fully saturated rings. The van der Waals surface area contributed by atoms with Crippen LogP contribution in [-0.2, 0) is 6.42 Å². The van der Waals surface area contributed by atoms with E-state index in [0.717, 1.165) is 35.4 Å². The van der Waals surface area contributed by atoms with Crippen molar-refractivity contribution in [3.63, 3.8) is 0 Å². The number of piperidine rings is 3. The second-order valence-corrected chi connectivity index (χ2v) is 8.08. The van der Waals surface area contributed by atoms with Crippen LogP contribution >= 0.6 is 11.3 Å². The first kappa shape index (κ1) is 15.3. The molecule has 5 rings (SSSR count). The summed E-state index contributed by atoms with van der Waals surface area (Å²) in [5.74, 6) is 2.67. The molecule has 0 aromatic carbocycles.